The fraction of sp³-hybridized carbons (Fsp3) is 0.0294. The summed E-state index contributed by atoms with van der Waals surface area (Å²) in [5.74, 6) is -1.05. The third-order valence-corrected chi connectivity index (χ3v) is 7.51. The van der Waals surface area contributed by atoms with Crippen LogP contribution in [0.1, 0.15) is 15.9 Å². The Kier molecular flexibility index (Phi) is 9.43. The summed E-state index contributed by atoms with van der Waals surface area (Å²) in [6.07, 6.45) is 1.66. The van der Waals surface area contributed by atoms with E-state index < -0.39 is 16.7 Å². The van der Waals surface area contributed by atoms with E-state index in [0.717, 1.165) is 21.2 Å². The third-order valence-electron chi connectivity index (χ3n) is 6.50. The summed E-state index contributed by atoms with van der Waals surface area (Å²) in [5, 5.41) is 21.1. The second-order valence-corrected chi connectivity index (χ2v) is 10.6. The van der Waals surface area contributed by atoms with Crippen LogP contribution >= 0.6 is 11.8 Å². The lowest BCUT2D eigenvalue weighted by atomic mass is 10.0. The molecular weight excluding hydrogens is 576 g/mol. The van der Waals surface area contributed by atoms with Gasteiger partial charge in [0, 0.05) is 34.0 Å². The monoisotopic (exact) mass is 602 g/mol. The summed E-state index contributed by atoms with van der Waals surface area (Å²) in [6.45, 7) is 0. The smallest absolute Gasteiger partial charge is 0.272 e. The zero-order valence-corrected chi connectivity index (χ0v) is 24.0. The molecule has 5 aromatic rings. The van der Waals surface area contributed by atoms with E-state index in [1.54, 1.807) is 54.6 Å². The Morgan fingerprint density at radius 2 is 1.36 bits per heavy atom. The molecule has 44 heavy (non-hydrogen) atoms. The van der Waals surface area contributed by atoms with Crippen LogP contribution in [0.4, 0.5) is 17.1 Å². The minimum atomic E-state index is -0.504. The van der Waals surface area contributed by atoms with Crippen molar-refractivity contribution in [2.45, 2.75) is 4.90 Å². The molecule has 0 aromatic heterocycles. The molecule has 0 unspecified atom stereocenters. The predicted octanol–water partition coefficient (Wildman–Crippen LogP) is 6.89. The number of nitro groups is 1. The number of non-ortho nitro benzene ring substituents is 1. The fourth-order valence-corrected chi connectivity index (χ4v) is 5.02. The molecule has 5 aromatic carbocycles. The Balaban J connectivity index is 1.26. The first kappa shape index (κ1) is 29.7. The molecule has 0 aliphatic rings. The molecule has 0 aliphatic carbocycles. The Bertz CT molecular complexity index is 1850. The molecule has 0 radical (unpaired) electrons. The van der Waals surface area contributed by atoms with Gasteiger partial charge in [0.05, 0.1) is 10.7 Å². The van der Waals surface area contributed by atoms with Gasteiger partial charge in [0.15, 0.2) is 0 Å². The average Bonchev–Trinajstić information content (AvgIpc) is 3.05. The van der Waals surface area contributed by atoms with Crippen LogP contribution in [-0.2, 0) is 9.59 Å². The minimum Gasteiger partial charge on any atom is -0.325 e. The van der Waals surface area contributed by atoms with Crippen LogP contribution in [0.3, 0.4) is 0 Å². The van der Waals surface area contributed by atoms with E-state index in [1.807, 2.05) is 48.5 Å². The van der Waals surface area contributed by atoms with Gasteiger partial charge >= 0.3 is 0 Å². The van der Waals surface area contributed by atoms with E-state index in [4.69, 9.17) is 0 Å². The van der Waals surface area contributed by atoms with Crippen LogP contribution in [0.5, 0.6) is 0 Å². The first-order chi connectivity index (χ1) is 21.4. The lowest BCUT2D eigenvalue weighted by molar-refractivity contribution is -0.384. The summed E-state index contributed by atoms with van der Waals surface area (Å²) < 4.78 is 0. The van der Waals surface area contributed by atoms with Crippen LogP contribution < -0.4 is 16.0 Å². The molecule has 0 saturated heterocycles. The molecule has 0 saturated carbocycles. The van der Waals surface area contributed by atoms with Gasteiger partial charge in [-0.05, 0) is 70.9 Å². The maximum Gasteiger partial charge on any atom is 0.272 e. The molecule has 0 fully saturated rings. The summed E-state index contributed by atoms with van der Waals surface area (Å²) in [7, 11) is 0. The van der Waals surface area contributed by atoms with E-state index in [2.05, 4.69) is 16.0 Å². The highest BCUT2D eigenvalue weighted by Gasteiger charge is 2.16. The maximum atomic E-state index is 13.5. The van der Waals surface area contributed by atoms with Crippen LogP contribution in [0.25, 0.3) is 16.8 Å². The van der Waals surface area contributed by atoms with Crippen molar-refractivity contribution in [3.05, 3.63) is 148 Å². The SMILES string of the molecule is O=C(CSc1ccc(NC(=O)/C(=C/c2cccc3ccccc23)NC(=O)c2ccccc2)cc1)Nc1ccc([N+](=O)[O-])cc1. The van der Waals surface area contributed by atoms with Gasteiger partial charge in [-0.1, -0.05) is 60.7 Å². The fourth-order valence-electron chi connectivity index (χ4n) is 4.32. The number of hydrogen-bond donors (Lipinski definition) is 3. The molecule has 0 heterocycles. The minimum absolute atomic E-state index is 0.0562. The lowest BCUT2D eigenvalue weighted by Gasteiger charge is -2.12. The second-order valence-electron chi connectivity index (χ2n) is 9.57. The quantitative estimate of drug-likeness (QED) is 0.0691. The molecule has 0 bridgehead atoms. The number of hydrogen-bond acceptors (Lipinski definition) is 6. The van der Waals surface area contributed by atoms with Crippen LogP contribution in [0.15, 0.2) is 132 Å². The average molecular weight is 603 g/mol. The van der Waals surface area contributed by atoms with Crippen LogP contribution in [0, 0.1) is 10.1 Å². The Hall–Kier alpha value is -5.74. The van der Waals surface area contributed by atoms with Crippen LogP contribution in [0.2, 0.25) is 0 Å². The number of thioether (sulfide) groups is 1. The van der Waals surface area contributed by atoms with Crippen molar-refractivity contribution in [1.29, 1.82) is 0 Å². The van der Waals surface area contributed by atoms with Crippen molar-refractivity contribution in [2.75, 3.05) is 16.4 Å². The molecule has 0 spiro atoms. The van der Waals surface area contributed by atoms with Crippen molar-refractivity contribution in [2.24, 2.45) is 0 Å². The van der Waals surface area contributed by atoms with Gasteiger partial charge in [-0.15, -0.1) is 11.8 Å². The molecule has 218 valence electrons. The zero-order chi connectivity index (χ0) is 30.9. The highest BCUT2D eigenvalue weighted by Crippen LogP contribution is 2.23. The summed E-state index contributed by atoms with van der Waals surface area (Å²) in [6, 6.07) is 34.8. The maximum absolute atomic E-state index is 13.5. The van der Waals surface area contributed by atoms with Gasteiger partial charge in [0.2, 0.25) is 5.91 Å². The number of nitrogens with zero attached hydrogens (tertiary/aromatic N) is 1. The topological polar surface area (TPSA) is 130 Å². The van der Waals surface area contributed by atoms with E-state index >= 15 is 0 Å². The Morgan fingerprint density at radius 3 is 2.09 bits per heavy atom. The lowest BCUT2D eigenvalue weighted by Crippen LogP contribution is -2.30. The number of benzene rings is 5. The van der Waals surface area contributed by atoms with E-state index in [1.165, 1.54) is 36.0 Å². The van der Waals surface area contributed by atoms with E-state index in [9.17, 15) is 24.5 Å². The largest absolute Gasteiger partial charge is 0.325 e. The standard InChI is InChI=1S/C34H26N4O5S/c39-32(35-26-13-17-28(18-14-26)38(42)43)22-44-29-19-15-27(16-20-29)36-34(41)31(37-33(40)24-8-2-1-3-9-24)21-25-11-6-10-23-7-4-5-12-30(23)25/h1-21H,22H2,(H,35,39)(H,36,41)(H,37,40)/b31-21-. The molecule has 0 atom stereocenters. The Morgan fingerprint density at radius 1 is 0.727 bits per heavy atom. The zero-order valence-electron chi connectivity index (χ0n) is 23.2. The van der Waals surface area contributed by atoms with Crippen LogP contribution in [-0.4, -0.2) is 28.4 Å². The molecule has 5 rings (SSSR count). The highest BCUT2D eigenvalue weighted by molar-refractivity contribution is 8.00. The van der Waals surface area contributed by atoms with Gasteiger partial charge in [0.25, 0.3) is 17.5 Å². The first-order valence-corrected chi connectivity index (χ1v) is 14.5. The molecule has 9 nitrogen and oxygen atoms in total. The normalized spacial score (nSPS) is 11.0. The number of nitrogens with one attached hydrogen (secondary N) is 3. The molecule has 10 heteroatoms. The van der Waals surface area contributed by atoms with Gasteiger partial charge in [-0.2, -0.15) is 0 Å². The number of rotatable bonds is 10. The van der Waals surface area contributed by atoms with Gasteiger partial charge in [-0.3, -0.25) is 24.5 Å². The number of nitro benzene ring substituents is 1. The number of carbonyl (C=O) groups excluding carboxylic acids is 3. The first-order valence-electron chi connectivity index (χ1n) is 13.5. The van der Waals surface area contributed by atoms with Crippen molar-refractivity contribution in [1.82, 2.24) is 5.32 Å². The number of amides is 3. The predicted molar refractivity (Wildman–Crippen MR) is 173 cm³/mol. The van der Waals surface area contributed by atoms with E-state index in [0.29, 0.717) is 16.9 Å². The third kappa shape index (κ3) is 7.75. The van der Waals surface area contributed by atoms with Gasteiger partial charge in [0.1, 0.15) is 5.70 Å². The van der Waals surface area contributed by atoms with Crippen molar-refractivity contribution in [3.63, 3.8) is 0 Å². The Labute approximate surface area is 257 Å². The van der Waals surface area contributed by atoms with Crippen molar-refractivity contribution >= 4 is 63.4 Å². The van der Waals surface area contributed by atoms with Crippen molar-refractivity contribution in [3.8, 4) is 0 Å². The molecule has 3 amide bonds. The van der Waals surface area contributed by atoms with Gasteiger partial charge < -0.3 is 16.0 Å². The van der Waals surface area contributed by atoms with Gasteiger partial charge in [-0.25, -0.2) is 0 Å². The number of carbonyl (C=O) groups is 3. The van der Waals surface area contributed by atoms with E-state index in [-0.39, 0.29) is 23.0 Å². The summed E-state index contributed by atoms with van der Waals surface area (Å²) >= 11 is 1.30. The van der Waals surface area contributed by atoms with Crippen molar-refractivity contribution < 1.29 is 19.3 Å². The summed E-state index contributed by atoms with van der Waals surface area (Å²) in [5.41, 5.74) is 2.19. The molecule has 3 N–H and O–H groups in total. The highest BCUT2D eigenvalue weighted by atomic mass is 32.2. The number of anilines is 2. The number of fused-ring (bicyclic) bond motifs is 1. The molecular formula is C34H26N4O5S. The second kappa shape index (κ2) is 14.0. The summed E-state index contributed by atoms with van der Waals surface area (Å²) in [4.78, 5) is 49.9. The molecule has 0 aliphatic heterocycles.